The van der Waals surface area contributed by atoms with Crippen molar-refractivity contribution in [1.82, 2.24) is 9.07 Å². The van der Waals surface area contributed by atoms with Gasteiger partial charge in [-0.15, -0.1) is 0 Å². The third-order valence-corrected chi connectivity index (χ3v) is 1.94. The highest BCUT2D eigenvalue weighted by molar-refractivity contribution is 6.19. The lowest BCUT2D eigenvalue weighted by molar-refractivity contribution is 0.112. The molecule has 0 bridgehead atoms. The fourth-order valence-electron chi connectivity index (χ4n) is 1.14. The van der Waals surface area contributed by atoms with Gasteiger partial charge in [0.1, 0.15) is 0 Å². The van der Waals surface area contributed by atoms with Crippen LogP contribution in [0.1, 0.15) is 10.4 Å². The van der Waals surface area contributed by atoms with Crippen LogP contribution in [0.15, 0.2) is 24.5 Å². The number of halogens is 1. The molecule has 0 aliphatic carbocycles. The standard InChI is InChI=1S/C8H5ClN2O/c9-11-4-6(5-12)7-2-1-3-10-8(7)11/h1-5H. The number of hydrogen-bond donors (Lipinski definition) is 0. The summed E-state index contributed by atoms with van der Waals surface area (Å²) in [6.07, 6.45) is 3.95. The van der Waals surface area contributed by atoms with E-state index in [0.29, 0.717) is 11.2 Å². The van der Waals surface area contributed by atoms with Crippen LogP contribution in [-0.2, 0) is 0 Å². The number of hydrogen-bond acceptors (Lipinski definition) is 2. The Balaban J connectivity index is 2.91. The molecule has 0 aliphatic rings. The fourth-order valence-corrected chi connectivity index (χ4v) is 1.38. The molecule has 0 aromatic carbocycles. The van der Waals surface area contributed by atoms with E-state index < -0.39 is 0 Å². The average Bonchev–Trinajstić information content (AvgIpc) is 2.44. The van der Waals surface area contributed by atoms with Gasteiger partial charge >= 0.3 is 0 Å². The third kappa shape index (κ3) is 0.905. The van der Waals surface area contributed by atoms with E-state index >= 15 is 0 Å². The van der Waals surface area contributed by atoms with Gasteiger partial charge in [-0.3, -0.25) is 4.79 Å². The lowest BCUT2D eigenvalue weighted by Gasteiger charge is -1.88. The molecule has 0 N–H and O–H groups in total. The molecule has 0 saturated carbocycles. The zero-order chi connectivity index (χ0) is 8.55. The van der Waals surface area contributed by atoms with E-state index in [1.807, 2.05) is 6.07 Å². The Bertz CT molecular complexity index is 436. The van der Waals surface area contributed by atoms with Gasteiger partial charge in [0.2, 0.25) is 0 Å². The smallest absolute Gasteiger partial charge is 0.155 e. The van der Waals surface area contributed by atoms with Crippen molar-refractivity contribution >= 4 is 29.1 Å². The van der Waals surface area contributed by atoms with Crippen molar-refractivity contribution in [3.63, 3.8) is 0 Å². The number of aldehydes is 1. The summed E-state index contributed by atoms with van der Waals surface area (Å²) in [5, 5.41) is 0.780. The van der Waals surface area contributed by atoms with E-state index in [9.17, 15) is 4.79 Å². The van der Waals surface area contributed by atoms with Gasteiger partial charge in [-0.2, -0.15) is 0 Å². The zero-order valence-electron chi connectivity index (χ0n) is 6.07. The highest BCUT2D eigenvalue weighted by atomic mass is 35.5. The van der Waals surface area contributed by atoms with Crippen LogP contribution in [0.4, 0.5) is 0 Å². The lowest BCUT2D eigenvalue weighted by Crippen LogP contribution is -1.78. The monoisotopic (exact) mass is 180 g/mol. The highest BCUT2D eigenvalue weighted by Crippen LogP contribution is 2.17. The Morgan fingerprint density at radius 2 is 2.42 bits per heavy atom. The van der Waals surface area contributed by atoms with Crippen LogP contribution in [0.5, 0.6) is 0 Å². The first-order valence-corrected chi connectivity index (χ1v) is 3.74. The summed E-state index contributed by atoms with van der Waals surface area (Å²) in [7, 11) is 0. The van der Waals surface area contributed by atoms with Crippen LogP contribution in [-0.4, -0.2) is 15.4 Å². The Labute approximate surface area is 73.7 Å². The lowest BCUT2D eigenvalue weighted by atomic mass is 10.2. The zero-order valence-corrected chi connectivity index (χ0v) is 6.82. The first-order chi connectivity index (χ1) is 5.83. The second kappa shape index (κ2) is 2.60. The summed E-state index contributed by atoms with van der Waals surface area (Å²) in [6, 6.07) is 3.58. The molecule has 2 rings (SSSR count). The molecule has 0 radical (unpaired) electrons. The number of fused-ring (bicyclic) bond motifs is 1. The van der Waals surface area contributed by atoms with Gasteiger partial charge in [0.25, 0.3) is 0 Å². The van der Waals surface area contributed by atoms with Crippen LogP contribution >= 0.6 is 11.8 Å². The molecule has 12 heavy (non-hydrogen) atoms. The van der Waals surface area contributed by atoms with Gasteiger partial charge in [0.15, 0.2) is 11.9 Å². The molecule has 0 saturated heterocycles. The predicted octanol–water partition coefficient (Wildman–Crippen LogP) is 1.85. The third-order valence-electron chi connectivity index (χ3n) is 1.68. The van der Waals surface area contributed by atoms with Crippen molar-refractivity contribution in [1.29, 1.82) is 0 Å². The van der Waals surface area contributed by atoms with Crippen molar-refractivity contribution < 1.29 is 4.79 Å². The van der Waals surface area contributed by atoms with E-state index in [1.54, 1.807) is 18.5 Å². The minimum atomic E-state index is 0.563. The largest absolute Gasteiger partial charge is 0.298 e. The van der Waals surface area contributed by atoms with Crippen LogP contribution in [0.25, 0.3) is 11.0 Å². The van der Waals surface area contributed by atoms with Crippen molar-refractivity contribution in [2.75, 3.05) is 0 Å². The van der Waals surface area contributed by atoms with E-state index in [2.05, 4.69) is 4.98 Å². The average molecular weight is 181 g/mol. The molecular formula is C8H5ClN2O. The molecule has 4 heteroatoms. The highest BCUT2D eigenvalue weighted by Gasteiger charge is 2.05. The van der Waals surface area contributed by atoms with Gasteiger partial charge in [-0.1, -0.05) is 0 Å². The predicted molar refractivity (Wildman–Crippen MR) is 46.4 cm³/mol. The summed E-state index contributed by atoms with van der Waals surface area (Å²) in [5.74, 6) is 0. The molecule has 0 fully saturated rings. The maximum Gasteiger partial charge on any atom is 0.155 e. The van der Waals surface area contributed by atoms with Gasteiger partial charge in [-0.25, -0.2) is 9.07 Å². The Morgan fingerprint density at radius 1 is 1.58 bits per heavy atom. The topological polar surface area (TPSA) is 34.9 Å². The first-order valence-electron chi connectivity index (χ1n) is 3.40. The van der Waals surface area contributed by atoms with Crippen molar-refractivity contribution in [2.24, 2.45) is 0 Å². The van der Waals surface area contributed by atoms with Crippen molar-refractivity contribution in [3.05, 3.63) is 30.1 Å². The van der Waals surface area contributed by atoms with Crippen molar-refractivity contribution in [2.45, 2.75) is 0 Å². The van der Waals surface area contributed by atoms with Gasteiger partial charge in [0.05, 0.1) is 0 Å². The maximum absolute atomic E-state index is 10.5. The molecule has 0 amide bonds. The molecule has 0 unspecified atom stereocenters. The van der Waals surface area contributed by atoms with Gasteiger partial charge in [0, 0.05) is 35.1 Å². The number of aromatic nitrogens is 2. The summed E-state index contributed by atoms with van der Waals surface area (Å²) in [6.45, 7) is 0. The van der Waals surface area contributed by atoms with Crippen LogP contribution < -0.4 is 0 Å². The van der Waals surface area contributed by atoms with Crippen LogP contribution in [0.3, 0.4) is 0 Å². The molecule has 2 aromatic heterocycles. The number of pyridine rings is 1. The minimum Gasteiger partial charge on any atom is -0.298 e. The number of nitrogens with zero attached hydrogens (tertiary/aromatic N) is 2. The van der Waals surface area contributed by atoms with Gasteiger partial charge < -0.3 is 0 Å². The summed E-state index contributed by atoms with van der Waals surface area (Å²) in [5.41, 5.74) is 1.18. The van der Waals surface area contributed by atoms with E-state index in [-0.39, 0.29) is 0 Å². The maximum atomic E-state index is 10.5. The molecule has 60 valence electrons. The molecule has 2 aromatic rings. The second-order valence-corrected chi connectivity index (χ2v) is 2.75. The summed E-state index contributed by atoms with van der Waals surface area (Å²) >= 11 is 5.75. The quantitative estimate of drug-likeness (QED) is 0.628. The summed E-state index contributed by atoms with van der Waals surface area (Å²) < 4.78 is 1.32. The molecule has 3 nitrogen and oxygen atoms in total. The number of rotatable bonds is 1. The number of carbonyl (C=O) groups is 1. The molecule has 0 aliphatic heterocycles. The van der Waals surface area contributed by atoms with Gasteiger partial charge in [-0.05, 0) is 12.1 Å². The van der Waals surface area contributed by atoms with E-state index in [0.717, 1.165) is 11.7 Å². The SMILES string of the molecule is O=Cc1cn(Cl)c2ncccc12. The summed E-state index contributed by atoms with van der Waals surface area (Å²) in [4.78, 5) is 14.6. The van der Waals surface area contributed by atoms with E-state index in [1.165, 1.54) is 4.09 Å². The van der Waals surface area contributed by atoms with Crippen LogP contribution in [0, 0.1) is 0 Å². The van der Waals surface area contributed by atoms with Crippen molar-refractivity contribution in [3.8, 4) is 0 Å². The first kappa shape index (κ1) is 7.31. The molecule has 0 atom stereocenters. The Morgan fingerprint density at radius 3 is 3.17 bits per heavy atom. The molecular weight excluding hydrogens is 176 g/mol. The van der Waals surface area contributed by atoms with Crippen LogP contribution in [0.2, 0.25) is 0 Å². The second-order valence-electron chi connectivity index (χ2n) is 2.39. The fraction of sp³-hybridized carbons (Fsp3) is 0. The Kier molecular flexibility index (Phi) is 1.59. The Hall–Kier alpha value is -1.35. The molecule has 0 spiro atoms. The van der Waals surface area contributed by atoms with E-state index in [4.69, 9.17) is 11.8 Å². The number of carbonyl (C=O) groups excluding carboxylic acids is 1. The normalized spacial score (nSPS) is 10.4. The molecule has 2 heterocycles. The minimum absolute atomic E-state index is 0.563.